The van der Waals surface area contributed by atoms with Gasteiger partial charge in [0.1, 0.15) is 18.3 Å². The van der Waals surface area contributed by atoms with Gasteiger partial charge >= 0.3 is 29.2 Å². The molecule has 0 radical (unpaired) electrons. The molecule has 0 aromatic carbocycles. The van der Waals surface area contributed by atoms with E-state index in [9.17, 15) is 38.4 Å². The Morgan fingerprint density at radius 2 is 1.19 bits per heavy atom. The molecular weight excluding hydrogens is 777 g/mol. The monoisotopic (exact) mass is 842 g/mol. The first-order valence-electron chi connectivity index (χ1n) is 17.8. The van der Waals surface area contributed by atoms with Crippen LogP contribution >= 0.6 is 23.5 Å². The lowest BCUT2D eigenvalue weighted by Gasteiger charge is -2.19. The molecule has 1 aliphatic heterocycles. The van der Waals surface area contributed by atoms with Crippen LogP contribution in [0.15, 0.2) is 21.9 Å². The third-order valence-corrected chi connectivity index (χ3v) is 11.7. The highest BCUT2D eigenvalue weighted by atomic mass is 31.3. The zero-order valence-electron chi connectivity index (χ0n) is 32.9. The lowest BCUT2D eigenvalue weighted by molar-refractivity contribution is -0.0542. The smallest absolute Gasteiger partial charge is 0.387 e. The van der Waals surface area contributed by atoms with Crippen molar-refractivity contribution in [2.75, 3.05) is 72.1 Å². The van der Waals surface area contributed by atoms with Gasteiger partial charge in [-0.2, -0.15) is 8.62 Å². The van der Waals surface area contributed by atoms with E-state index in [4.69, 9.17) is 25.2 Å². The molecule has 320 valence electrons. The summed E-state index contributed by atoms with van der Waals surface area (Å²) in [4.78, 5) is 68.6. The normalized spacial score (nSPS) is 20.8. The zero-order chi connectivity index (χ0) is 42.3. The van der Waals surface area contributed by atoms with Gasteiger partial charge in [0.15, 0.2) is 6.23 Å². The van der Waals surface area contributed by atoms with Crippen molar-refractivity contribution < 1.29 is 61.4 Å². The Kier molecular flexibility index (Phi) is 28.4. The number of hydrogen-bond acceptors (Lipinski definition) is 15. The van der Waals surface area contributed by atoms with Crippen molar-refractivity contribution in [1.29, 1.82) is 0 Å². The van der Waals surface area contributed by atoms with Crippen molar-refractivity contribution in [3.05, 3.63) is 38.7 Å². The molecule has 1 fully saturated rings. The SMILES string of the molecule is CCN(CC)CC.CCN(CC)CC.CCN(CC)CC.NC/C=C/c1cn([C@@H]2O[C@H](COP(=O)(O)OP(=O)(O)OP(=O)(O)O)[C@@H](O)[C@H]2O)c(=O)[nH]c1=O. The Labute approximate surface area is 318 Å². The maximum absolute atomic E-state index is 12.1. The second-order valence-corrected chi connectivity index (χ2v) is 15.6. The van der Waals surface area contributed by atoms with Gasteiger partial charge in [-0.3, -0.25) is 18.9 Å². The van der Waals surface area contributed by atoms with E-state index >= 15 is 0 Å². The number of hydrogen-bond donors (Lipinski definition) is 8. The predicted molar refractivity (Wildman–Crippen MR) is 206 cm³/mol. The summed E-state index contributed by atoms with van der Waals surface area (Å²) in [6.45, 7) is 29.4. The number of nitrogens with zero attached hydrogens (tertiary/aromatic N) is 4. The first-order valence-corrected chi connectivity index (χ1v) is 22.3. The van der Waals surface area contributed by atoms with E-state index in [2.05, 4.69) is 90.2 Å². The van der Waals surface area contributed by atoms with Crippen LogP contribution in [0.1, 0.15) is 74.1 Å². The summed E-state index contributed by atoms with van der Waals surface area (Å²) < 4.78 is 51.1. The van der Waals surface area contributed by atoms with Gasteiger partial charge in [-0.05, 0) is 58.9 Å². The third kappa shape index (κ3) is 22.3. The van der Waals surface area contributed by atoms with Crippen LogP contribution in [0.3, 0.4) is 0 Å². The summed E-state index contributed by atoms with van der Waals surface area (Å²) in [7, 11) is -16.9. The Morgan fingerprint density at radius 1 is 0.759 bits per heavy atom. The molecule has 1 aromatic rings. The molecule has 2 heterocycles. The van der Waals surface area contributed by atoms with Gasteiger partial charge in [0.05, 0.1) is 12.2 Å². The van der Waals surface area contributed by atoms with Gasteiger partial charge in [0, 0.05) is 12.7 Å². The van der Waals surface area contributed by atoms with Crippen molar-refractivity contribution in [2.45, 2.75) is 86.9 Å². The maximum Gasteiger partial charge on any atom is 0.490 e. The number of aromatic amines is 1. The van der Waals surface area contributed by atoms with Gasteiger partial charge in [0.25, 0.3) is 5.56 Å². The lowest BCUT2D eigenvalue weighted by Crippen LogP contribution is -2.38. The minimum Gasteiger partial charge on any atom is -0.387 e. The molecule has 54 heavy (non-hydrogen) atoms. The standard InChI is InChI=1S/C12H20N3O15P3.3C6H15N/c13-3-1-2-6-4-15(12(19)14-10(6)18)11-9(17)8(16)7(28-11)5-27-32(23,24)30-33(25,26)29-31(20,21)22;3*1-4-7(5-2)6-3/h1-2,4,7-9,11,16-17H,3,5,13H2,(H,23,24)(H,25,26)(H,14,18,19)(H2,20,21,22);3*4-6H2,1-3H3/b2-1+;;;/t7-,8-,9-,11-;;;/m1.../s1. The maximum atomic E-state index is 12.1. The van der Waals surface area contributed by atoms with E-state index in [0.717, 1.165) is 10.8 Å². The summed E-state index contributed by atoms with van der Waals surface area (Å²) in [5.74, 6) is 0. The van der Waals surface area contributed by atoms with Gasteiger partial charge < -0.3 is 55.0 Å². The molecule has 2 rings (SSSR count). The second kappa shape index (κ2) is 28.0. The topological polar surface area (TPSA) is 300 Å². The second-order valence-electron chi connectivity index (χ2n) is 11.2. The fourth-order valence-electron chi connectivity index (χ4n) is 4.58. The predicted octanol–water partition coefficient (Wildman–Crippen LogP) is 1.52. The van der Waals surface area contributed by atoms with Crippen LogP contribution < -0.4 is 17.0 Å². The van der Waals surface area contributed by atoms with Gasteiger partial charge in [-0.25, -0.2) is 18.5 Å². The summed E-state index contributed by atoms with van der Waals surface area (Å²) in [5.41, 5.74) is 3.43. The Bertz CT molecular complexity index is 1400. The van der Waals surface area contributed by atoms with E-state index in [1.54, 1.807) is 0 Å². The Morgan fingerprint density at radius 3 is 1.54 bits per heavy atom. The molecule has 1 saturated heterocycles. The van der Waals surface area contributed by atoms with E-state index in [-0.39, 0.29) is 12.1 Å². The number of ether oxygens (including phenoxy) is 1. The molecule has 21 nitrogen and oxygen atoms in total. The van der Waals surface area contributed by atoms with Crippen LogP contribution in [-0.4, -0.2) is 144 Å². The Balaban J connectivity index is 0. The molecule has 0 amide bonds. The number of H-pyrrole nitrogens is 1. The quantitative estimate of drug-likeness (QED) is 0.0916. The minimum absolute atomic E-state index is 0.0537. The summed E-state index contributed by atoms with van der Waals surface area (Å²) in [5, 5.41) is 20.3. The van der Waals surface area contributed by atoms with Crippen LogP contribution in [-0.2, 0) is 31.6 Å². The summed E-state index contributed by atoms with van der Waals surface area (Å²) in [6.07, 6.45) is -3.19. The largest absolute Gasteiger partial charge is 0.490 e. The van der Waals surface area contributed by atoms with Crippen molar-refractivity contribution in [3.8, 4) is 0 Å². The first kappa shape index (κ1) is 54.6. The highest BCUT2D eigenvalue weighted by molar-refractivity contribution is 7.66. The van der Waals surface area contributed by atoms with Crippen LogP contribution in [0.25, 0.3) is 6.08 Å². The number of aliphatic hydroxyl groups is 2. The van der Waals surface area contributed by atoms with Gasteiger partial charge in [0.2, 0.25) is 0 Å². The van der Waals surface area contributed by atoms with Crippen molar-refractivity contribution in [3.63, 3.8) is 0 Å². The first-order chi connectivity index (χ1) is 25.1. The molecule has 24 heteroatoms. The van der Waals surface area contributed by atoms with Gasteiger partial charge in [-0.15, -0.1) is 0 Å². The molecule has 2 unspecified atom stereocenters. The molecule has 9 N–H and O–H groups in total. The Hall–Kier alpha value is -1.45. The molecule has 1 aliphatic rings. The van der Waals surface area contributed by atoms with Crippen molar-refractivity contribution >= 4 is 29.5 Å². The van der Waals surface area contributed by atoms with E-state index in [0.29, 0.717) is 0 Å². The highest BCUT2D eigenvalue weighted by Crippen LogP contribution is 2.66. The number of nitrogens with two attached hydrogens (primary N) is 1. The molecule has 0 aliphatic carbocycles. The highest BCUT2D eigenvalue weighted by Gasteiger charge is 2.46. The van der Waals surface area contributed by atoms with Crippen LogP contribution in [0.4, 0.5) is 0 Å². The molecule has 0 bridgehead atoms. The molecule has 1 aromatic heterocycles. The summed E-state index contributed by atoms with van der Waals surface area (Å²) >= 11 is 0. The number of phosphoric ester groups is 1. The number of phosphoric acid groups is 3. The van der Waals surface area contributed by atoms with Crippen LogP contribution in [0, 0.1) is 0 Å². The van der Waals surface area contributed by atoms with E-state index in [1.807, 2.05) is 4.98 Å². The number of aromatic nitrogens is 2. The van der Waals surface area contributed by atoms with Crippen molar-refractivity contribution in [2.24, 2.45) is 5.73 Å². The van der Waals surface area contributed by atoms with Gasteiger partial charge in [-0.1, -0.05) is 74.5 Å². The number of rotatable bonds is 19. The third-order valence-electron chi connectivity index (χ3n) is 7.88. The van der Waals surface area contributed by atoms with Crippen LogP contribution in [0.2, 0.25) is 0 Å². The zero-order valence-corrected chi connectivity index (χ0v) is 35.6. The average molecular weight is 843 g/mol. The average Bonchev–Trinajstić information content (AvgIpc) is 3.37. The molecule has 6 atom stereocenters. The molecule has 0 spiro atoms. The van der Waals surface area contributed by atoms with Crippen molar-refractivity contribution in [1.82, 2.24) is 24.3 Å². The molecular formula is C30H65N6O15P3. The number of nitrogens with one attached hydrogen (secondary N) is 1. The fraction of sp³-hybridized carbons (Fsp3) is 0.800. The number of aliphatic hydroxyl groups excluding tert-OH is 2. The molecule has 0 saturated carbocycles. The van der Waals surface area contributed by atoms with E-state index < -0.39 is 65.9 Å². The van der Waals surface area contributed by atoms with E-state index in [1.165, 1.54) is 71.1 Å². The van der Waals surface area contributed by atoms with Crippen LogP contribution in [0.5, 0.6) is 0 Å². The lowest BCUT2D eigenvalue weighted by atomic mass is 10.1. The summed E-state index contributed by atoms with van der Waals surface area (Å²) in [6, 6.07) is 0. The fourth-order valence-corrected chi connectivity index (χ4v) is 7.61. The minimum atomic E-state index is -5.76.